The molecule has 1 unspecified atom stereocenters. The van der Waals surface area contributed by atoms with Gasteiger partial charge in [0.15, 0.2) is 0 Å². The minimum absolute atomic E-state index is 0.361. The maximum atomic E-state index is 11.5. The van der Waals surface area contributed by atoms with Crippen molar-refractivity contribution in [2.45, 2.75) is 20.8 Å². The van der Waals surface area contributed by atoms with Crippen LogP contribution in [0.5, 0.6) is 0 Å². The number of carboxylic acids is 1. The Hall–Kier alpha value is -1.06. The van der Waals surface area contributed by atoms with Gasteiger partial charge in [-0.3, -0.25) is 9.59 Å². The van der Waals surface area contributed by atoms with Gasteiger partial charge in [-0.05, 0) is 5.41 Å². The molecule has 0 saturated heterocycles. The molecule has 0 bridgehead atoms. The van der Waals surface area contributed by atoms with E-state index in [9.17, 15) is 9.59 Å². The minimum Gasteiger partial charge on any atom is -0.481 e. The lowest BCUT2D eigenvalue weighted by atomic mass is 9.80. The van der Waals surface area contributed by atoms with Crippen LogP contribution in [-0.2, 0) is 9.59 Å². The quantitative estimate of drug-likeness (QED) is 0.651. The van der Waals surface area contributed by atoms with Crippen molar-refractivity contribution in [1.82, 2.24) is 4.90 Å². The molecule has 0 aliphatic carbocycles. The Morgan fingerprint density at radius 2 is 1.62 bits per heavy atom. The summed E-state index contributed by atoms with van der Waals surface area (Å²) in [5.74, 6) is -2.39. The number of hydrogen-bond donors (Lipinski definition) is 1. The highest BCUT2D eigenvalue weighted by Crippen LogP contribution is 2.27. The molecule has 0 aromatic carbocycles. The molecule has 1 N–H and O–H groups in total. The maximum Gasteiger partial charge on any atom is 0.316 e. The van der Waals surface area contributed by atoms with E-state index >= 15 is 0 Å². The molecule has 13 heavy (non-hydrogen) atoms. The van der Waals surface area contributed by atoms with Crippen molar-refractivity contribution in [3.8, 4) is 0 Å². The molecule has 1 amide bonds. The van der Waals surface area contributed by atoms with Crippen molar-refractivity contribution in [2.75, 3.05) is 14.1 Å². The van der Waals surface area contributed by atoms with Gasteiger partial charge in [-0.15, -0.1) is 0 Å². The van der Waals surface area contributed by atoms with E-state index < -0.39 is 17.3 Å². The van der Waals surface area contributed by atoms with Crippen LogP contribution >= 0.6 is 0 Å². The zero-order chi connectivity index (χ0) is 10.8. The molecule has 0 aromatic rings. The van der Waals surface area contributed by atoms with Gasteiger partial charge in [0.05, 0.1) is 0 Å². The van der Waals surface area contributed by atoms with E-state index in [0.717, 1.165) is 0 Å². The van der Waals surface area contributed by atoms with Gasteiger partial charge in [0.2, 0.25) is 5.91 Å². The number of carboxylic acid groups (broad SMARTS) is 1. The van der Waals surface area contributed by atoms with Gasteiger partial charge in [-0.2, -0.15) is 0 Å². The highest BCUT2D eigenvalue weighted by Gasteiger charge is 2.38. The number of rotatable bonds is 2. The molecule has 0 spiro atoms. The van der Waals surface area contributed by atoms with E-state index in [4.69, 9.17) is 5.11 Å². The van der Waals surface area contributed by atoms with Crippen molar-refractivity contribution >= 4 is 11.9 Å². The molecule has 4 nitrogen and oxygen atoms in total. The third-order valence-corrected chi connectivity index (χ3v) is 1.80. The molecule has 0 aliphatic heterocycles. The minimum atomic E-state index is -1.06. The second-order valence-corrected chi connectivity index (χ2v) is 4.37. The van der Waals surface area contributed by atoms with Crippen LogP contribution in [-0.4, -0.2) is 36.0 Å². The predicted molar refractivity (Wildman–Crippen MR) is 49.3 cm³/mol. The van der Waals surface area contributed by atoms with E-state index in [1.165, 1.54) is 4.90 Å². The number of amides is 1. The molecule has 0 heterocycles. The lowest BCUT2D eigenvalue weighted by Gasteiger charge is -2.28. The van der Waals surface area contributed by atoms with Gasteiger partial charge in [-0.25, -0.2) is 0 Å². The Bertz CT molecular complexity index is 215. The molecule has 0 saturated carbocycles. The average molecular weight is 187 g/mol. The molecule has 0 aliphatic rings. The van der Waals surface area contributed by atoms with E-state index in [2.05, 4.69) is 0 Å². The Morgan fingerprint density at radius 3 is 1.69 bits per heavy atom. The standard InChI is InChI=1S/C9H17NO3/c1-9(2,3)6(8(12)13)7(11)10(4)5/h6H,1-5H3,(H,12,13). The van der Waals surface area contributed by atoms with E-state index in [1.54, 1.807) is 34.9 Å². The van der Waals surface area contributed by atoms with Crippen LogP contribution in [0.2, 0.25) is 0 Å². The van der Waals surface area contributed by atoms with Crippen LogP contribution in [0.4, 0.5) is 0 Å². The lowest BCUT2D eigenvalue weighted by Crippen LogP contribution is -2.42. The summed E-state index contributed by atoms with van der Waals surface area (Å²) in [7, 11) is 3.12. The van der Waals surface area contributed by atoms with Crippen molar-refractivity contribution in [1.29, 1.82) is 0 Å². The van der Waals surface area contributed by atoms with E-state index in [-0.39, 0.29) is 5.91 Å². The molecule has 0 aromatic heterocycles. The fourth-order valence-electron chi connectivity index (χ4n) is 1.10. The first-order chi connectivity index (χ1) is 5.68. The summed E-state index contributed by atoms with van der Waals surface area (Å²) in [6, 6.07) is 0. The van der Waals surface area contributed by atoms with Crippen LogP contribution < -0.4 is 0 Å². The van der Waals surface area contributed by atoms with E-state index in [0.29, 0.717) is 0 Å². The van der Waals surface area contributed by atoms with Crippen LogP contribution in [0.15, 0.2) is 0 Å². The van der Waals surface area contributed by atoms with Gasteiger partial charge in [0.1, 0.15) is 5.92 Å². The van der Waals surface area contributed by atoms with Crippen LogP contribution in [0.1, 0.15) is 20.8 Å². The first-order valence-corrected chi connectivity index (χ1v) is 4.12. The smallest absolute Gasteiger partial charge is 0.316 e. The summed E-state index contributed by atoms with van der Waals surface area (Å²) < 4.78 is 0. The molecule has 76 valence electrons. The summed E-state index contributed by atoms with van der Waals surface area (Å²) >= 11 is 0. The van der Waals surface area contributed by atoms with Crippen molar-refractivity contribution in [3.05, 3.63) is 0 Å². The fraction of sp³-hybridized carbons (Fsp3) is 0.778. The molecule has 0 radical (unpaired) electrons. The molecular weight excluding hydrogens is 170 g/mol. The van der Waals surface area contributed by atoms with E-state index in [1.807, 2.05) is 0 Å². The van der Waals surface area contributed by atoms with Crippen molar-refractivity contribution in [2.24, 2.45) is 11.3 Å². The zero-order valence-electron chi connectivity index (χ0n) is 8.79. The van der Waals surface area contributed by atoms with Crippen LogP contribution in [0.3, 0.4) is 0 Å². The first kappa shape index (κ1) is 11.9. The number of nitrogens with zero attached hydrogens (tertiary/aromatic N) is 1. The van der Waals surface area contributed by atoms with Gasteiger partial charge in [0, 0.05) is 14.1 Å². The second kappa shape index (κ2) is 3.77. The Labute approximate surface area is 78.5 Å². The van der Waals surface area contributed by atoms with Gasteiger partial charge >= 0.3 is 5.97 Å². The lowest BCUT2D eigenvalue weighted by molar-refractivity contribution is -0.154. The second-order valence-electron chi connectivity index (χ2n) is 4.37. The van der Waals surface area contributed by atoms with Crippen LogP contribution in [0, 0.1) is 11.3 Å². The normalized spacial score (nSPS) is 13.6. The number of aliphatic carboxylic acids is 1. The summed E-state index contributed by atoms with van der Waals surface area (Å²) in [6.07, 6.45) is 0. The molecular formula is C9H17NO3. The highest BCUT2D eigenvalue weighted by atomic mass is 16.4. The number of carbonyl (C=O) groups excluding carboxylic acids is 1. The molecule has 0 rings (SSSR count). The van der Waals surface area contributed by atoms with Gasteiger partial charge < -0.3 is 10.0 Å². The third kappa shape index (κ3) is 3.05. The maximum absolute atomic E-state index is 11.5. The number of carbonyl (C=O) groups is 2. The SMILES string of the molecule is CN(C)C(=O)C(C(=O)O)C(C)(C)C. The summed E-state index contributed by atoms with van der Waals surface area (Å²) in [6.45, 7) is 5.23. The Morgan fingerprint density at radius 1 is 1.23 bits per heavy atom. The summed E-state index contributed by atoms with van der Waals surface area (Å²) in [4.78, 5) is 23.6. The van der Waals surface area contributed by atoms with Gasteiger partial charge in [-0.1, -0.05) is 20.8 Å². The third-order valence-electron chi connectivity index (χ3n) is 1.80. The first-order valence-electron chi connectivity index (χ1n) is 4.12. The topological polar surface area (TPSA) is 57.6 Å². The molecule has 4 heteroatoms. The predicted octanol–water partition coefficient (Wildman–Crippen LogP) is 0.821. The van der Waals surface area contributed by atoms with Crippen LogP contribution in [0.25, 0.3) is 0 Å². The number of hydrogen-bond acceptors (Lipinski definition) is 2. The summed E-state index contributed by atoms with van der Waals surface area (Å²) in [5, 5.41) is 8.88. The average Bonchev–Trinajstić information content (AvgIpc) is 1.82. The Kier molecular flexibility index (Phi) is 3.46. The van der Waals surface area contributed by atoms with Gasteiger partial charge in [0.25, 0.3) is 0 Å². The summed E-state index contributed by atoms with van der Waals surface area (Å²) in [5.41, 5.74) is -0.548. The molecule has 1 atom stereocenters. The fourth-order valence-corrected chi connectivity index (χ4v) is 1.10. The highest BCUT2D eigenvalue weighted by molar-refractivity contribution is 5.97. The Balaban J connectivity index is 4.84. The monoisotopic (exact) mass is 187 g/mol. The van der Waals surface area contributed by atoms with Crippen molar-refractivity contribution < 1.29 is 14.7 Å². The molecule has 0 fully saturated rings. The zero-order valence-corrected chi connectivity index (χ0v) is 8.79. The largest absolute Gasteiger partial charge is 0.481 e. The van der Waals surface area contributed by atoms with Crippen molar-refractivity contribution in [3.63, 3.8) is 0 Å².